The Bertz CT molecular complexity index is 1730. The van der Waals surface area contributed by atoms with Crippen LogP contribution in [0.2, 0.25) is 0 Å². The summed E-state index contributed by atoms with van der Waals surface area (Å²) in [5.74, 6) is -3.15. The maximum Gasteiger partial charge on any atom is 0.335 e. The minimum atomic E-state index is -1.91. The summed E-state index contributed by atoms with van der Waals surface area (Å²) in [5, 5.41) is 31.6. The number of esters is 3. The summed E-state index contributed by atoms with van der Waals surface area (Å²) in [4.78, 5) is 51.3. The lowest BCUT2D eigenvalue weighted by Crippen LogP contribution is -2.61. The number of aliphatic hydroxyl groups is 2. The van der Waals surface area contributed by atoms with Crippen LogP contribution >= 0.6 is 0 Å². The summed E-state index contributed by atoms with van der Waals surface area (Å²) in [7, 11) is 0. The predicted octanol–water partition coefficient (Wildman–Crippen LogP) is 17.5. The lowest BCUT2D eigenvalue weighted by molar-refractivity contribution is -0.301. The maximum atomic E-state index is 13.2. The number of aliphatic carboxylic acids is 1. The average Bonchev–Trinajstić information content (AvgIpc) is 3.52. The third kappa shape index (κ3) is 46.0. The largest absolute Gasteiger partial charge is 0.479 e. The molecule has 0 saturated carbocycles. The van der Waals surface area contributed by atoms with E-state index in [-0.39, 0.29) is 25.9 Å². The molecule has 1 saturated heterocycles. The van der Waals surface area contributed by atoms with Crippen molar-refractivity contribution in [1.29, 1.82) is 0 Å². The van der Waals surface area contributed by atoms with Gasteiger partial charge in [-0.15, -0.1) is 0 Å². The first-order valence-corrected chi connectivity index (χ1v) is 32.6. The highest BCUT2D eigenvalue weighted by atomic mass is 16.7. The van der Waals surface area contributed by atoms with Crippen LogP contribution in [0.15, 0.2) is 85.1 Å². The fourth-order valence-corrected chi connectivity index (χ4v) is 9.44. The normalized spacial score (nSPS) is 18.3. The molecule has 0 spiro atoms. The van der Waals surface area contributed by atoms with Crippen molar-refractivity contribution in [2.75, 3.05) is 13.2 Å². The van der Waals surface area contributed by atoms with Gasteiger partial charge in [0.1, 0.15) is 18.8 Å². The van der Waals surface area contributed by atoms with Gasteiger partial charge in [0, 0.05) is 19.3 Å². The topological polar surface area (TPSA) is 175 Å². The van der Waals surface area contributed by atoms with E-state index in [0.29, 0.717) is 19.3 Å². The molecule has 81 heavy (non-hydrogen) atoms. The van der Waals surface area contributed by atoms with Crippen molar-refractivity contribution >= 4 is 23.9 Å². The Kier molecular flexibility index (Phi) is 52.1. The summed E-state index contributed by atoms with van der Waals surface area (Å²) in [6, 6.07) is 0. The molecule has 1 aliphatic heterocycles. The molecule has 12 nitrogen and oxygen atoms in total. The molecule has 0 amide bonds. The Morgan fingerprint density at radius 3 is 1.19 bits per heavy atom. The Hall–Kier alpha value is -4.10. The zero-order chi connectivity index (χ0) is 58.9. The number of carboxylic acid groups (broad SMARTS) is 1. The smallest absolute Gasteiger partial charge is 0.335 e. The van der Waals surface area contributed by atoms with E-state index in [0.717, 1.165) is 128 Å². The van der Waals surface area contributed by atoms with E-state index in [2.05, 4.69) is 106 Å². The highest BCUT2D eigenvalue weighted by Crippen LogP contribution is 2.27. The van der Waals surface area contributed by atoms with Crippen LogP contribution in [0.1, 0.15) is 278 Å². The first-order valence-electron chi connectivity index (χ1n) is 32.6. The molecular formula is C69H116O12. The van der Waals surface area contributed by atoms with Gasteiger partial charge >= 0.3 is 23.9 Å². The number of ether oxygens (including phenoxy) is 5. The third-order valence-corrected chi connectivity index (χ3v) is 14.4. The van der Waals surface area contributed by atoms with Gasteiger partial charge in [-0.05, 0) is 116 Å². The van der Waals surface area contributed by atoms with Crippen molar-refractivity contribution in [1.82, 2.24) is 0 Å². The molecule has 0 radical (unpaired) electrons. The fourth-order valence-electron chi connectivity index (χ4n) is 9.44. The summed E-state index contributed by atoms with van der Waals surface area (Å²) in [6.45, 7) is 5.84. The molecule has 1 heterocycles. The van der Waals surface area contributed by atoms with Crippen molar-refractivity contribution in [3.63, 3.8) is 0 Å². The lowest BCUT2D eigenvalue weighted by atomic mass is 9.98. The standard InChI is InChI=1S/C69H116O12/c1-4-7-10-13-16-19-22-25-28-30-31-33-36-39-42-45-48-51-54-57-63(72)80-67-65(74)64(73)66(68(75)76)81-69(67)78-59-60(79-62(71)56-53-50-47-44-41-38-34-27-24-21-18-15-12-9-6-3)58-77-61(70)55-52-49-46-43-40-37-35-32-29-26-23-20-17-14-11-8-5-2/h9,12,16-21,25-29,34,60,64-67,69,73-74H,4-8,10-11,13-15,22-24,30-33,35-59H2,1-3H3,(H,75,76)/b12-9-,19-16-,20-17-,21-18-,28-25-,29-26-,34-27-. The number of rotatable bonds is 55. The van der Waals surface area contributed by atoms with Crippen LogP contribution < -0.4 is 0 Å². The van der Waals surface area contributed by atoms with Crippen molar-refractivity contribution < 1.29 is 58.2 Å². The van der Waals surface area contributed by atoms with E-state index in [1.54, 1.807) is 0 Å². The molecular weight excluding hydrogens is 1020 g/mol. The van der Waals surface area contributed by atoms with Crippen LogP contribution in [0.25, 0.3) is 0 Å². The monoisotopic (exact) mass is 1140 g/mol. The first kappa shape index (κ1) is 74.9. The molecule has 3 N–H and O–H groups in total. The molecule has 1 aliphatic rings. The highest BCUT2D eigenvalue weighted by Gasteiger charge is 2.50. The number of hydrogen-bond acceptors (Lipinski definition) is 11. The second-order valence-corrected chi connectivity index (χ2v) is 22.0. The second-order valence-electron chi connectivity index (χ2n) is 22.0. The number of carboxylic acids is 1. The first-order chi connectivity index (χ1) is 39.6. The highest BCUT2D eigenvalue weighted by molar-refractivity contribution is 5.74. The molecule has 0 aromatic carbocycles. The molecule has 12 heteroatoms. The van der Waals surface area contributed by atoms with Gasteiger partial charge in [-0.2, -0.15) is 0 Å². The van der Waals surface area contributed by atoms with Crippen LogP contribution in [0, 0.1) is 0 Å². The van der Waals surface area contributed by atoms with Gasteiger partial charge in [-0.25, -0.2) is 4.79 Å². The Labute approximate surface area is 492 Å². The fraction of sp³-hybridized carbons (Fsp3) is 0.739. The number of allylic oxidation sites excluding steroid dienone is 14. The van der Waals surface area contributed by atoms with Gasteiger partial charge in [-0.1, -0.05) is 228 Å². The van der Waals surface area contributed by atoms with Gasteiger partial charge in [0.05, 0.1) is 6.61 Å². The summed E-state index contributed by atoms with van der Waals surface area (Å²) >= 11 is 0. The van der Waals surface area contributed by atoms with Crippen molar-refractivity contribution in [3.8, 4) is 0 Å². The van der Waals surface area contributed by atoms with E-state index < -0.39 is 67.3 Å². The predicted molar refractivity (Wildman–Crippen MR) is 331 cm³/mol. The number of carbonyl (C=O) groups is 4. The number of carbonyl (C=O) groups excluding carboxylic acids is 3. The quantitative estimate of drug-likeness (QED) is 0.0228. The molecule has 0 aromatic rings. The summed E-state index contributed by atoms with van der Waals surface area (Å²) < 4.78 is 28.5. The molecule has 0 aromatic heterocycles. The molecule has 1 rings (SSSR count). The van der Waals surface area contributed by atoms with Crippen molar-refractivity contribution in [2.45, 2.75) is 314 Å². The van der Waals surface area contributed by atoms with E-state index in [4.69, 9.17) is 23.7 Å². The zero-order valence-corrected chi connectivity index (χ0v) is 51.3. The van der Waals surface area contributed by atoms with Gasteiger partial charge in [0.2, 0.25) is 0 Å². The van der Waals surface area contributed by atoms with Crippen molar-refractivity contribution in [3.05, 3.63) is 85.1 Å². The third-order valence-electron chi connectivity index (χ3n) is 14.4. The lowest BCUT2D eigenvalue weighted by Gasteiger charge is -2.40. The van der Waals surface area contributed by atoms with Crippen molar-refractivity contribution in [2.24, 2.45) is 0 Å². The molecule has 1 fully saturated rings. The van der Waals surface area contributed by atoms with Gasteiger partial charge in [0.15, 0.2) is 24.6 Å². The molecule has 6 unspecified atom stereocenters. The molecule has 6 atom stereocenters. The van der Waals surface area contributed by atoms with Crippen LogP contribution in [0.4, 0.5) is 0 Å². The maximum absolute atomic E-state index is 13.2. The number of aliphatic hydroxyl groups excluding tert-OH is 2. The Morgan fingerprint density at radius 1 is 0.420 bits per heavy atom. The zero-order valence-electron chi connectivity index (χ0n) is 51.3. The second kappa shape index (κ2) is 56.4. The minimum absolute atomic E-state index is 0.0504. The number of hydrogen-bond donors (Lipinski definition) is 3. The average molecular weight is 1140 g/mol. The van der Waals surface area contributed by atoms with E-state index in [1.165, 1.54) is 89.9 Å². The molecule has 464 valence electrons. The Morgan fingerprint density at radius 2 is 0.778 bits per heavy atom. The molecule has 0 aliphatic carbocycles. The van der Waals surface area contributed by atoms with E-state index in [1.807, 2.05) is 0 Å². The van der Waals surface area contributed by atoms with Crippen LogP contribution in [0.3, 0.4) is 0 Å². The van der Waals surface area contributed by atoms with Gasteiger partial charge < -0.3 is 39.0 Å². The minimum Gasteiger partial charge on any atom is -0.479 e. The van der Waals surface area contributed by atoms with E-state index >= 15 is 0 Å². The van der Waals surface area contributed by atoms with E-state index in [9.17, 15) is 34.5 Å². The summed E-state index contributed by atoms with van der Waals surface area (Å²) in [6.07, 6.45) is 61.0. The van der Waals surface area contributed by atoms with Gasteiger partial charge in [-0.3, -0.25) is 14.4 Å². The Balaban J connectivity index is 2.66. The van der Waals surface area contributed by atoms with Crippen LogP contribution in [-0.4, -0.2) is 89.2 Å². The summed E-state index contributed by atoms with van der Waals surface area (Å²) in [5.41, 5.74) is 0. The SMILES string of the molecule is CC/C=C\C/C=C\C/C=C\CCCCCCCC(=O)OC(COC(=O)CCCCCCCCC/C=C\C/C=C\CCCCC)COC1OC(C(=O)O)C(O)C(O)C1OC(=O)CCCCCCCCCCC/C=C\C/C=C\CCCCC. The number of unbranched alkanes of at least 4 members (excludes halogenated alkanes) is 27. The van der Waals surface area contributed by atoms with Crippen LogP contribution in [-0.2, 0) is 42.9 Å². The van der Waals surface area contributed by atoms with Crippen LogP contribution in [0.5, 0.6) is 0 Å². The van der Waals surface area contributed by atoms with Gasteiger partial charge in [0.25, 0.3) is 0 Å². The molecule has 0 bridgehead atoms.